The van der Waals surface area contributed by atoms with E-state index in [9.17, 15) is 13.2 Å². The zero-order valence-electron chi connectivity index (χ0n) is 22.5. The number of benzene rings is 3. The monoisotopic (exact) mass is 535 g/mol. The minimum Gasteiger partial charge on any atom is -0.487 e. The topological polar surface area (TPSA) is 87.7 Å². The number of hydrogen-bond donors (Lipinski definition) is 2. The number of nitrogens with one attached hydrogen (secondary N) is 2. The second-order valence-corrected chi connectivity index (χ2v) is 12.1. The smallest absolute Gasteiger partial charge is 0.251 e. The van der Waals surface area contributed by atoms with Crippen LogP contribution in [-0.2, 0) is 16.4 Å². The number of sulfonamides is 1. The van der Waals surface area contributed by atoms with Gasteiger partial charge in [0.25, 0.3) is 5.91 Å². The van der Waals surface area contributed by atoms with Crippen molar-refractivity contribution < 1.29 is 17.9 Å². The largest absolute Gasteiger partial charge is 0.487 e. The molecule has 1 heterocycles. The van der Waals surface area contributed by atoms with Crippen LogP contribution in [-0.4, -0.2) is 40.1 Å². The Hall–Kier alpha value is -3.36. The van der Waals surface area contributed by atoms with Crippen molar-refractivity contribution in [2.24, 2.45) is 0 Å². The van der Waals surface area contributed by atoms with Crippen LogP contribution in [0.2, 0.25) is 0 Å². The predicted molar refractivity (Wildman–Crippen MR) is 151 cm³/mol. The molecule has 0 radical (unpaired) electrons. The summed E-state index contributed by atoms with van der Waals surface area (Å²) in [5.41, 5.74) is 2.77. The number of aryl methyl sites for hydroxylation is 1. The third kappa shape index (κ3) is 6.74. The average Bonchev–Trinajstić information content (AvgIpc) is 2.90. The molecule has 0 unspecified atom stereocenters. The normalized spacial score (nSPS) is 16.3. The minimum atomic E-state index is -3.77. The number of carbonyl (C=O) groups excluding carboxylic acids is 1. The molecule has 1 atom stereocenters. The van der Waals surface area contributed by atoms with Crippen LogP contribution in [0.15, 0.2) is 77.7 Å². The van der Waals surface area contributed by atoms with Crippen LogP contribution in [0.25, 0.3) is 0 Å². The summed E-state index contributed by atoms with van der Waals surface area (Å²) >= 11 is 0. The highest BCUT2D eigenvalue weighted by Gasteiger charge is 2.36. The van der Waals surface area contributed by atoms with E-state index in [4.69, 9.17) is 4.74 Å². The van der Waals surface area contributed by atoms with Crippen LogP contribution in [0.3, 0.4) is 0 Å². The summed E-state index contributed by atoms with van der Waals surface area (Å²) in [7, 11) is -1.74. The van der Waals surface area contributed by atoms with Gasteiger partial charge in [0.1, 0.15) is 11.4 Å². The van der Waals surface area contributed by atoms with Gasteiger partial charge in [-0.15, -0.1) is 0 Å². The van der Waals surface area contributed by atoms with E-state index in [1.807, 2.05) is 58.2 Å². The molecule has 1 amide bonds. The first-order valence-corrected chi connectivity index (χ1v) is 14.5. The molecule has 7 nitrogen and oxygen atoms in total. The quantitative estimate of drug-likeness (QED) is 0.353. The molecule has 3 aromatic carbocycles. The fourth-order valence-electron chi connectivity index (χ4n) is 4.69. The lowest BCUT2D eigenvalue weighted by atomic mass is 9.89. The van der Waals surface area contributed by atoms with E-state index in [1.165, 1.54) is 0 Å². The summed E-state index contributed by atoms with van der Waals surface area (Å²) in [4.78, 5) is 15.3. The lowest BCUT2D eigenvalue weighted by Gasteiger charge is -2.38. The van der Waals surface area contributed by atoms with Gasteiger partial charge in [-0.1, -0.05) is 37.3 Å². The Morgan fingerprint density at radius 1 is 1.05 bits per heavy atom. The van der Waals surface area contributed by atoms with Crippen molar-refractivity contribution in [2.45, 2.75) is 56.6 Å². The Labute approximate surface area is 226 Å². The highest BCUT2D eigenvalue weighted by Crippen LogP contribution is 2.40. The van der Waals surface area contributed by atoms with Crippen LogP contribution in [0.5, 0.6) is 5.75 Å². The van der Waals surface area contributed by atoms with Crippen molar-refractivity contribution in [1.82, 2.24) is 10.0 Å². The standard InChI is InChI=1S/C30H37N3O4S/c1-5-22-12-15-25(16-13-22)38(35,36)32-27-21-30(2,3)37-28-17-14-23(20-26(27)28)29(34)31-18-9-19-33(4)24-10-7-6-8-11-24/h6-8,10-17,20,27,32H,5,9,18-19,21H2,1-4H3,(H,31,34)/t27-/m0/s1. The number of amides is 1. The van der Waals surface area contributed by atoms with Crippen molar-refractivity contribution in [1.29, 1.82) is 0 Å². The van der Waals surface area contributed by atoms with Crippen molar-refractivity contribution in [3.63, 3.8) is 0 Å². The number of hydrogen-bond acceptors (Lipinski definition) is 5. The van der Waals surface area contributed by atoms with Gasteiger partial charge in [0.05, 0.1) is 10.9 Å². The Morgan fingerprint density at radius 2 is 1.76 bits per heavy atom. The third-order valence-electron chi connectivity index (χ3n) is 6.82. The first-order chi connectivity index (χ1) is 18.1. The molecule has 4 rings (SSSR count). The maximum Gasteiger partial charge on any atom is 0.251 e. The molecule has 0 aromatic heterocycles. The SMILES string of the molecule is CCc1ccc(S(=O)(=O)N[C@H]2CC(C)(C)Oc3ccc(C(=O)NCCCN(C)c4ccccc4)cc32)cc1. The lowest BCUT2D eigenvalue weighted by Crippen LogP contribution is -2.41. The van der Waals surface area contributed by atoms with E-state index in [0.717, 1.165) is 30.6 Å². The van der Waals surface area contributed by atoms with Crippen LogP contribution < -0.4 is 19.7 Å². The highest BCUT2D eigenvalue weighted by molar-refractivity contribution is 7.89. The maximum atomic E-state index is 13.2. The maximum absolute atomic E-state index is 13.2. The van der Waals surface area contributed by atoms with Crippen LogP contribution >= 0.6 is 0 Å². The fraction of sp³-hybridized carbons (Fsp3) is 0.367. The number of anilines is 1. The molecule has 3 aromatic rings. The number of carbonyl (C=O) groups is 1. The lowest BCUT2D eigenvalue weighted by molar-refractivity contribution is 0.0701. The molecule has 8 heteroatoms. The van der Waals surface area contributed by atoms with E-state index in [-0.39, 0.29) is 10.8 Å². The Balaban J connectivity index is 1.45. The Bertz CT molecular complexity index is 1360. The molecule has 38 heavy (non-hydrogen) atoms. The number of ether oxygens (including phenoxy) is 1. The molecule has 2 N–H and O–H groups in total. The number of nitrogens with zero attached hydrogens (tertiary/aromatic N) is 1. The summed E-state index contributed by atoms with van der Waals surface area (Å²) in [6, 6.07) is 21.7. The van der Waals surface area contributed by atoms with Crippen molar-refractivity contribution in [3.05, 3.63) is 89.5 Å². The van der Waals surface area contributed by atoms with Gasteiger partial charge in [0.15, 0.2) is 0 Å². The molecule has 1 aliphatic heterocycles. The van der Waals surface area contributed by atoms with E-state index >= 15 is 0 Å². The van der Waals surface area contributed by atoms with Gasteiger partial charge >= 0.3 is 0 Å². The molecule has 0 saturated heterocycles. The van der Waals surface area contributed by atoms with Gasteiger partial charge < -0.3 is 15.0 Å². The molecule has 202 valence electrons. The average molecular weight is 536 g/mol. The zero-order valence-corrected chi connectivity index (χ0v) is 23.3. The summed E-state index contributed by atoms with van der Waals surface area (Å²) < 4.78 is 35.5. The van der Waals surface area contributed by atoms with E-state index in [0.29, 0.717) is 29.8 Å². The molecular weight excluding hydrogens is 498 g/mol. The van der Waals surface area contributed by atoms with Gasteiger partial charge in [-0.05, 0) is 74.7 Å². The van der Waals surface area contributed by atoms with Gasteiger partial charge in [0.2, 0.25) is 10.0 Å². The highest BCUT2D eigenvalue weighted by atomic mass is 32.2. The number of fused-ring (bicyclic) bond motifs is 1. The molecule has 0 spiro atoms. The van der Waals surface area contributed by atoms with E-state index in [1.54, 1.807) is 30.3 Å². The van der Waals surface area contributed by atoms with E-state index < -0.39 is 21.7 Å². The first kappa shape index (κ1) is 27.7. The van der Waals surface area contributed by atoms with Crippen molar-refractivity contribution in [2.75, 3.05) is 25.0 Å². The summed E-state index contributed by atoms with van der Waals surface area (Å²) in [5, 5.41) is 2.98. The molecule has 0 bridgehead atoms. The minimum absolute atomic E-state index is 0.197. The number of rotatable bonds is 10. The Morgan fingerprint density at radius 3 is 2.45 bits per heavy atom. The first-order valence-electron chi connectivity index (χ1n) is 13.1. The summed E-state index contributed by atoms with van der Waals surface area (Å²) in [5.74, 6) is 0.382. The Kier molecular flexibility index (Phi) is 8.43. The van der Waals surface area contributed by atoms with E-state index in [2.05, 4.69) is 27.1 Å². The number of para-hydroxylation sites is 1. The second-order valence-electron chi connectivity index (χ2n) is 10.4. The molecule has 1 aliphatic rings. The predicted octanol–water partition coefficient (Wildman–Crippen LogP) is 5.09. The molecule has 0 saturated carbocycles. The molecule has 0 aliphatic carbocycles. The molecule has 0 fully saturated rings. The summed E-state index contributed by atoms with van der Waals surface area (Å²) in [6.07, 6.45) is 2.06. The van der Waals surface area contributed by atoms with Gasteiger partial charge in [-0.2, -0.15) is 0 Å². The van der Waals surface area contributed by atoms with Gasteiger partial charge in [-0.25, -0.2) is 13.1 Å². The van der Waals surface area contributed by atoms with Gasteiger partial charge in [0, 0.05) is 43.4 Å². The summed E-state index contributed by atoms with van der Waals surface area (Å²) in [6.45, 7) is 7.22. The van der Waals surface area contributed by atoms with Crippen molar-refractivity contribution >= 4 is 21.6 Å². The third-order valence-corrected chi connectivity index (χ3v) is 8.31. The zero-order chi connectivity index (χ0) is 27.3. The van der Waals surface area contributed by atoms with Crippen molar-refractivity contribution in [3.8, 4) is 5.75 Å². The van der Waals surface area contributed by atoms with Crippen LogP contribution in [0, 0.1) is 0 Å². The van der Waals surface area contributed by atoms with Crippen LogP contribution in [0.1, 0.15) is 61.1 Å². The molecular formula is C30H37N3O4S. The van der Waals surface area contributed by atoms with Crippen LogP contribution in [0.4, 0.5) is 5.69 Å². The second kappa shape index (κ2) is 11.6. The van der Waals surface area contributed by atoms with Gasteiger partial charge in [-0.3, -0.25) is 4.79 Å². The fourth-order valence-corrected chi connectivity index (χ4v) is 5.91.